The van der Waals surface area contributed by atoms with E-state index in [9.17, 15) is 14.7 Å². The van der Waals surface area contributed by atoms with Gasteiger partial charge in [0.1, 0.15) is 12.6 Å². The number of carbonyl (C=O) groups is 2. The Hall–Kier alpha value is -3.58. The zero-order valence-corrected chi connectivity index (χ0v) is 16.2. The Bertz CT molecular complexity index is 1010. The van der Waals surface area contributed by atoms with Gasteiger partial charge in [0.2, 0.25) is 0 Å². The van der Waals surface area contributed by atoms with Gasteiger partial charge >= 0.3 is 0 Å². The molecule has 0 spiro atoms. The summed E-state index contributed by atoms with van der Waals surface area (Å²) in [4.78, 5) is 24.1. The van der Waals surface area contributed by atoms with Crippen molar-refractivity contribution < 1.29 is 19.8 Å². The predicted molar refractivity (Wildman–Crippen MR) is 111 cm³/mol. The maximum Gasteiger partial charge on any atom is 0.251 e. The van der Waals surface area contributed by atoms with Crippen molar-refractivity contribution in [2.75, 3.05) is 12.3 Å². The number of nitrogens with one attached hydrogen (secondary N) is 1. The molecule has 0 unspecified atom stereocenters. The largest absolute Gasteiger partial charge is 0.398 e. The van der Waals surface area contributed by atoms with E-state index in [4.69, 9.17) is 10.8 Å². The van der Waals surface area contributed by atoms with Gasteiger partial charge < -0.3 is 21.3 Å². The Morgan fingerprint density at radius 1 is 1.07 bits per heavy atom. The van der Waals surface area contributed by atoms with Crippen molar-refractivity contribution in [2.24, 2.45) is 0 Å². The molecule has 0 aromatic heterocycles. The number of hydrogen-bond donors (Lipinski definition) is 4. The highest BCUT2D eigenvalue weighted by molar-refractivity contribution is 5.98. The summed E-state index contributed by atoms with van der Waals surface area (Å²) in [7, 11) is 0. The fourth-order valence-corrected chi connectivity index (χ4v) is 2.47. The van der Waals surface area contributed by atoms with Crippen LogP contribution in [0.15, 0.2) is 48.5 Å². The lowest BCUT2D eigenvalue weighted by molar-refractivity contribution is -0.129. The van der Waals surface area contributed by atoms with Gasteiger partial charge in [-0.05, 0) is 62.1 Å². The van der Waals surface area contributed by atoms with E-state index < -0.39 is 29.9 Å². The van der Waals surface area contributed by atoms with Crippen molar-refractivity contribution in [3.05, 3.63) is 65.2 Å². The summed E-state index contributed by atoms with van der Waals surface area (Å²) in [5.41, 5.74) is 6.53. The molecule has 148 valence electrons. The van der Waals surface area contributed by atoms with E-state index in [2.05, 4.69) is 29.0 Å². The number of amides is 1. The van der Waals surface area contributed by atoms with Crippen LogP contribution in [0.2, 0.25) is 0 Å². The number of aliphatic hydroxyl groups excluding tert-OH is 1. The second kappa shape index (κ2) is 9.57. The third kappa shape index (κ3) is 6.22. The Labute approximate surface area is 169 Å². The third-order valence-electron chi connectivity index (χ3n) is 4.03. The van der Waals surface area contributed by atoms with Crippen molar-refractivity contribution in [2.45, 2.75) is 25.5 Å². The van der Waals surface area contributed by atoms with E-state index >= 15 is 0 Å². The molecule has 6 nitrogen and oxygen atoms in total. The van der Waals surface area contributed by atoms with Gasteiger partial charge in [0.05, 0.1) is 5.60 Å². The minimum absolute atomic E-state index is 0.290. The van der Waals surface area contributed by atoms with E-state index in [0.717, 1.165) is 0 Å². The molecule has 0 bridgehead atoms. The smallest absolute Gasteiger partial charge is 0.251 e. The summed E-state index contributed by atoms with van der Waals surface area (Å²) in [5, 5.41) is 21.5. The fourth-order valence-electron chi connectivity index (χ4n) is 2.47. The van der Waals surface area contributed by atoms with Gasteiger partial charge in [-0.15, -0.1) is 0 Å². The topological polar surface area (TPSA) is 113 Å². The lowest BCUT2D eigenvalue weighted by Gasteiger charge is -2.28. The van der Waals surface area contributed by atoms with Gasteiger partial charge in [0, 0.05) is 22.4 Å². The third-order valence-corrected chi connectivity index (χ3v) is 4.03. The standard InChI is InChI=1S/C23H22N2O4/c1-23(2,29)21(20(27)15-26)25-22(28)18-13-11-16(12-14-18)7-3-4-8-17-9-5-6-10-19(17)24/h5-6,9-14,21,26,29H,15,24H2,1-2H3,(H,25,28)/t21-/m1/s1. The number of ketones is 1. The molecule has 29 heavy (non-hydrogen) atoms. The van der Waals surface area contributed by atoms with E-state index in [1.165, 1.54) is 13.8 Å². The van der Waals surface area contributed by atoms with E-state index in [0.29, 0.717) is 22.4 Å². The summed E-state index contributed by atoms with van der Waals surface area (Å²) < 4.78 is 0. The number of hydrogen-bond acceptors (Lipinski definition) is 5. The van der Waals surface area contributed by atoms with Crippen LogP contribution in [0.4, 0.5) is 5.69 Å². The van der Waals surface area contributed by atoms with E-state index in [1.54, 1.807) is 36.4 Å². The SMILES string of the molecule is CC(C)(O)[C@H](NC(=O)c1ccc(C#CC#Cc2ccccc2N)cc1)C(=O)CO. The monoisotopic (exact) mass is 390 g/mol. The van der Waals surface area contributed by atoms with Crippen LogP contribution in [-0.2, 0) is 4.79 Å². The van der Waals surface area contributed by atoms with Crippen LogP contribution in [0.1, 0.15) is 35.3 Å². The second-order valence-electron chi connectivity index (χ2n) is 6.85. The van der Waals surface area contributed by atoms with Crippen LogP contribution in [0.3, 0.4) is 0 Å². The Morgan fingerprint density at radius 3 is 2.28 bits per heavy atom. The average Bonchev–Trinajstić information content (AvgIpc) is 2.69. The van der Waals surface area contributed by atoms with E-state index in [-0.39, 0.29) is 0 Å². The molecular weight excluding hydrogens is 368 g/mol. The molecule has 0 aliphatic carbocycles. The van der Waals surface area contributed by atoms with Crippen molar-refractivity contribution in [1.82, 2.24) is 5.32 Å². The molecule has 2 rings (SSSR count). The number of nitrogens with two attached hydrogens (primary N) is 1. The van der Waals surface area contributed by atoms with Crippen molar-refractivity contribution in [1.29, 1.82) is 0 Å². The molecule has 1 amide bonds. The summed E-state index contributed by atoms with van der Waals surface area (Å²) in [5.74, 6) is 9.99. The maximum atomic E-state index is 12.4. The fraction of sp³-hybridized carbons (Fsp3) is 0.217. The van der Waals surface area contributed by atoms with Gasteiger partial charge in [-0.1, -0.05) is 24.0 Å². The minimum Gasteiger partial charge on any atom is -0.398 e. The molecule has 2 aromatic rings. The number of nitrogen functional groups attached to an aromatic ring is 1. The molecule has 0 aliphatic heterocycles. The summed E-state index contributed by atoms with van der Waals surface area (Å²) in [6.07, 6.45) is 0. The lowest BCUT2D eigenvalue weighted by atomic mass is 9.94. The molecule has 0 fully saturated rings. The number of Topliss-reactive ketones (excluding diaryl/α,β-unsaturated/α-hetero) is 1. The first kappa shape index (κ1) is 21.7. The van der Waals surface area contributed by atoms with Crippen LogP contribution in [0.5, 0.6) is 0 Å². The van der Waals surface area contributed by atoms with Crippen LogP contribution < -0.4 is 11.1 Å². The first-order chi connectivity index (χ1) is 13.7. The molecule has 5 N–H and O–H groups in total. The van der Waals surface area contributed by atoms with Crippen molar-refractivity contribution in [3.8, 4) is 23.7 Å². The molecular formula is C23H22N2O4. The Kier molecular flexibility index (Phi) is 7.16. The van der Waals surface area contributed by atoms with Crippen LogP contribution in [0, 0.1) is 23.7 Å². The second-order valence-corrected chi connectivity index (χ2v) is 6.85. The molecule has 0 radical (unpaired) electrons. The molecule has 1 atom stereocenters. The zero-order chi connectivity index (χ0) is 21.4. The first-order valence-electron chi connectivity index (χ1n) is 8.86. The number of para-hydroxylation sites is 1. The van der Waals surface area contributed by atoms with Crippen molar-refractivity contribution in [3.63, 3.8) is 0 Å². The number of rotatable bonds is 5. The summed E-state index contributed by atoms with van der Waals surface area (Å²) in [6.45, 7) is 1.99. The van der Waals surface area contributed by atoms with Crippen molar-refractivity contribution >= 4 is 17.4 Å². The van der Waals surface area contributed by atoms with Crippen LogP contribution in [-0.4, -0.2) is 40.2 Å². The molecule has 0 saturated carbocycles. The van der Waals surface area contributed by atoms with Crippen LogP contribution in [0.25, 0.3) is 0 Å². The molecule has 0 heterocycles. The highest BCUT2D eigenvalue weighted by atomic mass is 16.3. The molecule has 0 aliphatic rings. The highest BCUT2D eigenvalue weighted by Crippen LogP contribution is 2.12. The van der Waals surface area contributed by atoms with Gasteiger partial charge in [-0.2, -0.15) is 0 Å². The average molecular weight is 390 g/mol. The van der Waals surface area contributed by atoms with Gasteiger partial charge in [0.15, 0.2) is 5.78 Å². The van der Waals surface area contributed by atoms with Crippen LogP contribution >= 0.6 is 0 Å². The summed E-state index contributed by atoms with van der Waals surface area (Å²) >= 11 is 0. The molecule has 2 aromatic carbocycles. The lowest BCUT2D eigenvalue weighted by Crippen LogP contribution is -2.54. The minimum atomic E-state index is -1.51. The predicted octanol–water partition coefficient (Wildman–Crippen LogP) is 1.10. The normalized spacial score (nSPS) is 11.3. The van der Waals surface area contributed by atoms with Gasteiger partial charge in [0.25, 0.3) is 5.91 Å². The van der Waals surface area contributed by atoms with Gasteiger partial charge in [-0.25, -0.2) is 0 Å². The number of aliphatic hydroxyl groups is 2. The number of carbonyl (C=O) groups excluding carboxylic acids is 2. The maximum absolute atomic E-state index is 12.4. The number of benzene rings is 2. The summed E-state index contributed by atoms with van der Waals surface area (Å²) in [6, 6.07) is 12.4. The molecule has 0 saturated heterocycles. The Morgan fingerprint density at radius 2 is 1.69 bits per heavy atom. The highest BCUT2D eigenvalue weighted by Gasteiger charge is 2.34. The molecule has 6 heteroatoms. The Balaban J connectivity index is 2.08. The first-order valence-corrected chi connectivity index (χ1v) is 8.86. The number of anilines is 1. The zero-order valence-electron chi connectivity index (χ0n) is 16.2. The van der Waals surface area contributed by atoms with E-state index in [1.807, 2.05) is 12.1 Å². The quantitative estimate of drug-likeness (QED) is 0.451. The van der Waals surface area contributed by atoms with Gasteiger partial charge in [-0.3, -0.25) is 9.59 Å².